The van der Waals surface area contributed by atoms with Gasteiger partial charge >= 0.3 is 6.18 Å². The molecule has 2 fully saturated rings. The molecule has 1 saturated carbocycles. The smallest absolute Gasteiger partial charge is 0.357 e. The molecule has 1 aromatic rings. The molecule has 1 aliphatic heterocycles. The number of likely N-dealkylation sites (tertiary alicyclic amines) is 1. The van der Waals surface area contributed by atoms with E-state index in [0.29, 0.717) is 24.5 Å². The van der Waals surface area contributed by atoms with Gasteiger partial charge in [-0.25, -0.2) is 9.38 Å². The van der Waals surface area contributed by atoms with Gasteiger partial charge in [0.15, 0.2) is 5.96 Å². The summed E-state index contributed by atoms with van der Waals surface area (Å²) in [5.74, 6) is 0.104. The zero-order valence-corrected chi connectivity index (χ0v) is 18.2. The highest BCUT2D eigenvalue weighted by molar-refractivity contribution is 14.0. The second-order valence-electron chi connectivity index (χ2n) is 7.26. The molecule has 28 heavy (non-hydrogen) atoms. The van der Waals surface area contributed by atoms with Crippen LogP contribution in [0.4, 0.5) is 17.6 Å². The summed E-state index contributed by atoms with van der Waals surface area (Å²) in [5.41, 5.74) is -1.01. The number of benzene rings is 1. The predicted molar refractivity (Wildman–Crippen MR) is 112 cm³/mol. The van der Waals surface area contributed by atoms with Crippen LogP contribution in [0.5, 0.6) is 0 Å². The summed E-state index contributed by atoms with van der Waals surface area (Å²) in [6.45, 7) is 5.28. The number of hydrogen-bond acceptors (Lipinski definition) is 2. The van der Waals surface area contributed by atoms with E-state index in [1.165, 1.54) is 12.8 Å². The maximum atomic E-state index is 13.2. The molecule has 3 rings (SSSR count). The van der Waals surface area contributed by atoms with Gasteiger partial charge in [0.2, 0.25) is 0 Å². The lowest BCUT2D eigenvalue weighted by molar-refractivity contribution is -0.138. The average molecular weight is 514 g/mol. The van der Waals surface area contributed by atoms with Crippen LogP contribution in [0.2, 0.25) is 0 Å². The topological polar surface area (TPSA) is 39.7 Å². The Kier molecular flexibility index (Phi) is 8.35. The molecular formula is C19H27F4IN4. The van der Waals surface area contributed by atoms with Crippen molar-refractivity contribution in [3.05, 3.63) is 35.1 Å². The lowest BCUT2D eigenvalue weighted by Crippen LogP contribution is -2.40. The average Bonchev–Trinajstić information content (AvgIpc) is 3.36. The summed E-state index contributed by atoms with van der Waals surface area (Å²) in [6.07, 6.45) is -0.888. The standard InChI is InChI=1S/C19H26F4N4.HI/c1-2-24-18(25-10-13-7-8-27(12-13)16-5-6-16)26-11-14-3-4-15(20)9-17(14)19(21,22)23;/h3-4,9,13,16H,2,5-8,10-12H2,1H3,(H2,24,25,26);1H. The number of hydrogen-bond donors (Lipinski definition) is 2. The van der Waals surface area contributed by atoms with E-state index in [1.54, 1.807) is 0 Å². The Morgan fingerprint density at radius 2 is 1.96 bits per heavy atom. The Morgan fingerprint density at radius 3 is 2.61 bits per heavy atom. The molecule has 0 amide bonds. The minimum atomic E-state index is -4.60. The largest absolute Gasteiger partial charge is 0.416 e. The summed E-state index contributed by atoms with van der Waals surface area (Å²) >= 11 is 0. The Bertz CT molecular complexity index is 676. The zero-order chi connectivity index (χ0) is 19.4. The maximum absolute atomic E-state index is 13.2. The number of aliphatic imine (C=N–C) groups is 1. The Labute approximate surface area is 180 Å². The fourth-order valence-electron chi connectivity index (χ4n) is 3.50. The second kappa shape index (κ2) is 10.1. The zero-order valence-electron chi connectivity index (χ0n) is 15.9. The Hall–Kier alpha value is -1.10. The Balaban J connectivity index is 0.00000280. The first-order valence-corrected chi connectivity index (χ1v) is 9.48. The summed E-state index contributed by atoms with van der Waals surface area (Å²) in [7, 11) is 0. The molecule has 0 radical (unpaired) electrons. The van der Waals surface area contributed by atoms with E-state index in [4.69, 9.17) is 0 Å². The molecule has 1 unspecified atom stereocenters. The lowest BCUT2D eigenvalue weighted by atomic mass is 10.1. The number of halogens is 5. The SMILES string of the molecule is CCNC(=NCc1ccc(F)cc1C(F)(F)F)NCC1CCN(C2CC2)C1.I. The van der Waals surface area contributed by atoms with Crippen LogP contribution < -0.4 is 10.6 Å². The van der Waals surface area contributed by atoms with Crippen molar-refractivity contribution in [3.8, 4) is 0 Å². The van der Waals surface area contributed by atoms with Crippen molar-refractivity contribution >= 4 is 29.9 Å². The number of guanidine groups is 1. The molecule has 1 heterocycles. The fraction of sp³-hybridized carbons (Fsp3) is 0.632. The summed E-state index contributed by atoms with van der Waals surface area (Å²) in [4.78, 5) is 6.79. The van der Waals surface area contributed by atoms with Crippen LogP contribution in [0.15, 0.2) is 23.2 Å². The third-order valence-electron chi connectivity index (χ3n) is 5.07. The maximum Gasteiger partial charge on any atom is 0.416 e. The third kappa shape index (κ3) is 6.47. The van der Waals surface area contributed by atoms with Crippen LogP contribution >= 0.6 is 24.0 Å². The van der Waals surface area contributed by atoms with Crippen LogP contribution in [0.25, 0.3) is 0 Å². The van der Waals surface area contributed by atoms with Crippen molar-refractivity contribution in [1.82, 2.24) is 15.5 Å². The van der Waals surface area contributed by atoms with Gasteiger partial charge in [-0.2, -0.15) is 13.2 Å². The first-order chi connectivity index (χ1) is 12.9. The van der Waals surface area contributed by atoms with Crippen LogP contribution in [0.3, 0.4) is 0 Å². The molecule has 2 aliphatic rings. The minimum absolute atomic E-state index is 0. The molecule has 9 heteroatoms. The molecular weight excluding hydrogens is 487 g/mol. The fourth-order valence-corrected chi connectivity index (χ4v) is 3.50. The predicted octanol–water partition coefficient (Wildman–Crippen LogP) is 4.00. The van der Waals surface area contributed by atoms with Gasteiger partial charge < -0.3 is 15.5 Å². The number of alkyl halides is 3. The van der Waals surface area contributed by atoms with E-state index in [2.05, 4.69) is 20.5 Å². The first-order valence-electron chi connectivity index (χ1n) is 9.48. The molecule has 0 aromatic heterocycles. The van der Waals surface area contributed by atoms with E-state index in [9.17, 15) is 17.6 Å². The van der Waals surface area contributed by atoms with Crippen LogP contribution in [0.1, 0.15) is 37.3 Å². The third-order valence-corrected chi connectivity index (χ3v) is 5.07. The van der Waals surface area contributed by atoms with Crippen molar-refractivity contribution in [2.75, 3.05) is 26.2 Å². The highest BCUT2D eigenvalue weighted by atomic mass is 127. The van der Waals surface area contributed by atoms with E-state index in [1.807, 2.05) is 6.92 Å². The lowest BCUT2D eigenvalue weighted by Gasteiger charge is -2.17. The van der Waals surface area contributed by atoms with E-state index >= 15 is 0 Å². The minimum Gasteiger partial charge on any atom is -0.357 e. The van der Waals surface area contributed by atoms with Gasteiger partial charge in [-0.15, -0.1) is 24.0 Å². The van der Waals surface area contributed by atoms with Crippen molar-refractivity contribution in [1.29, 1.82) is 0 Å². The van der Waals surface area contributed by atoms with E-state index < -0.39 is 17.6 Å². The Morgan fingerprint density at radius 1 is 1.21 bits per heavy atom. The monoisotopic (exact) mass is 514 g/mol. The van der Waals surface area contributed by atoms with Gasteiger partial charge in [-0.1, -0.05) is 6.07 Å². The van der Waals surface area contributed by atoms with Crippen molar-refractivity contribution in [2.45, 2.75) is 44.9 Å². The molecule has 158 valence electrons. The van der Waals surface area contributed by atoms with Gasteiger partial charge in [0.05, 0.1) is 12.1 Å². The summed E-state index contributed by atoms with van der Waals surface area (Å²) in [6, 6.07) is 3.47. The normalized spacial score (nSPS) is 20.8. The molecule has 1 atom stereocenters. The van der Waals surface area contributed by atoms with Gasteiger partial charge in [-0.05, 0) is 56.3 Å². The van der Waals surface area contributed by atoms with Gasteiger partial charge in [0, 0.05) is 25.7 Å². The summed E-state index contributed by atoms with van der Waals surface area (Å²) < 4.78 is 52.5. The first kappa shape index (κ1) is 23.2. The van der Waals surface area contributed by atoms with Gasteiger partial charge in [0.1, 0.15) is 5.82 Å². The number of rotatable bonds is 6. The molecule has 4 nitrogen and oxygen atoms in total. The van der Waals surface area contributed by atoms with Gasteiger partial charge in [0.25, 0.3) is 0 Å². The van der Waals surface area contributed by atoms with E-state index in [-0.39, 0.29) is 36.1 Å². The molecule has 2 N–H and O–H groups in total. The van der Waals surface area contributed by atoms with E-state index in [0.717, 1.165) is 44.2 Å². The highest BCUT2D eigenvalue weighted by Crippen LogP contribution is 2.33. The van der Waals surface area contributed by atoms with Crippen molar-refractivity contribution in [3.63, 3.8) is 0 Å². The molecule has 1 aliphatic carbocycles. The van der Waals surface area contributed by atoms with Crippen LogP contribution in [0, 0.1) is 11.7 Å². The number of nitrogens with zero attached hydrogens (tertiary/aromatic N) is 2. The molecule has 1 aromatic carbocycles. The highest BCUT2D eigenvalue weighted by Gasteiger charge is 2.35. The summed E-state index contributed by atoms with van der Waals surface area (Å²) in [5, 5.41) is 6.30. The quantitative estimate of drug-likeness (QED) is 0.261. The van der Waals surface area contributed by atoms with Crippen LogP contribution in [-0.4, -0.2) is 43.1 Å². The van der Waals surface area contributed by atoms with Crippen LogP contribution in [-0.2, 0) is 12.7 Å². The number of nitrogens with one attached hydrogen (secondary N) is 2. The van der Waals surface area contributed by atoms with Crippen molar-refractivity contribution < 1.29 is 17.6 Å². The second-order valence-corrected chi connectivity index (χ2v) is 7.26. The molecule has 0 spiro atoms. The van der Waals surface area contributed by atoms with Crippen molar-refractivity contribution in [2.24, 2.45) is 10.9 Å². The molecule has 0 bridgehead atoms. The van der Waals surface area contributed by atoms with Gasteiger partial charge in [-0.3, -0.25) is 0 Å². The molecule has 1 saturated heterocycles.